The summed E-state index contributed by atoms with van der Waals surface area (Å²) in [7, 11) is 0. The lowest BCUT2D eigenvalue weighted by atomic mass is 9.92. The van der Waals surface area contributed by atoms with Crippen LogP contribution in [-0.4, -0.2) is 44.9 Å². The second kappa shape index (κ2) is 34.6. The smallest absolute Gasteiger partial charge is 0.164 e. The van der Waals surface area contributed by atoms with Gasteiger partial charge in [0.2, 0.25) is 0 Å². The molecule has 0 amide bonds. The van der Waals surface area contributed by atoms with Crippen LogP contribution in [0.15, 0.2) is 480 Å². The number of benzene rings is 21. The van der Waals surface area contributed by atoms with Crippen LogP contribution in [0.4, 0.5) is 0 Å². The summed E-state index contributed by atoms with van der Waals surface area (Å²) in [5, 5.41) is 17.9. The molecule has 0 aliphatic heterocycles. The molecule has 27 rings (SSSR count). The fourth-order valence-corrected chi connectivity index (χ4v) is 19.4. The number of para-hydroxylation sites is 3. The van der Waals surface area contributed by atoms with Crippen LogP contribution in [0, 0.1) is 0 Å². The zero-order chi connectivity index (χ0) is 90.6. The fraction of sp³-hybridized carbons (Fsp3) is 0. The number of hydrogen-bond donors (Lipinski definition) is 0. The molecule has 0 aliphatic rings. The third kappa shape index (κ3) is 14.9. The molecular weight excluding hydrogens is 1680 g/mol. The average Bonchev–Trinajstić information content (AvgIpc) is 1.70. The summed E-state index contributed by atoms with van der Waals surface area (Å²) in [6.45, 7) is 0. The molecule has 6 aromatic heterocycles. The number of aromatic nitrogens is 9. The van der Waals surface area contributed by atoms with Crippen LogP contribution in [0.3, 0.4) is 0 Å². The van der Waals surface area contributed by atoms with Crippen LogP contribution < -0.4 is 0 Å². The molecule has 0 N–H and O–H groups in total. The summed E-state index contributed by atoms with van der Waals surface area (Å²) in [6.07, 6.45) is 0. The predicted octanol–water partition coefficient (Wildman–Crippen LogP) is 32.8. The van der Waals surface area contributed by atoms with Gasteiger partial charge >= 0.3 is 0 Å². The molecule has 0 atom stereocenters. The van der Waals surface area contributed by atoms with Crippen LogP contribution in [0.1, 0.15) is 0 Å². The van der Waals surface area contributed by atoms with Crippen LogP contribution in [0.2, 0.25) is 0 Å². The SMILES string of the molecule is c1ccc(-c2ccc(-c3nc(-c4ccc5ccccc5c4)nc(-c4ccc(-c5cccc6oc7ccccc7c56)c5ccccc45)n3)cc2)cc1.c1ccc(-c2nc(-c3cccc4ccccc34)nc(-c3ccc(-c4cccc5oc6ccccc6c45)c4ccccc34)n2)cc1.c1ccc(-c2nc(-c3ccccc3)nc(-c3cccc4c(-c5cccc6oc7ccccc7c56)cccc34)n2)cc1. The van der Waals surface area contributed by atoms with E-state index in [1.165, 1.54) is 10.9 Å². The summed E-state index contributed by atoms with van der Waals surface area (Å²) < 4.78 is 18.7. The molecular formula is C125H77N9O3. The largest absolute Gasteiger partial charge is 0.456 e. The highest BCUT2D eigenvalue weighted by atomic mass is 16.3. The van der Waals surface area contributed by atoms with Gasteiger partial charge in [-0.25, -0.2) is 44.9 Å². The summed E-state index contributed by atoms with van der Waals surface area (Å²) in [5.74, 6) is 5.78. The Morgan fingerprint density at radius 2 is 0.343 bits per heavy atom. The quantitative estimate of drug-likeness (QED) is 0.108. The van der Waals surface area contributed by atoms with Crippen LogP contribution >= 0.6 is 0 Å². The first-order valence-electron chi connectivity index (χ1n) is 45.8. The number of hydrogen-bond acceptors (Lipinski definition) is 12. The summed E-state index contributed by atoms with van der Waals surface area (Å²) in [4.78, 5) is 45.5. The third-order valence-electron chi connectivity index (χ3n) is 25.9. The summed E-state index contributed by atoms with van der Waals surface area (Å²) in [5.41, 5.74) is 23.0. The Labute approximate surface area is 786 Å². The van der Waals surface area contributed by atoms with Gasteiger partial charge in [-0.3, -0.25) is 0 Å². The van der Waals surface area contributed by atoms with Crippen molar-refractivity contribution in [3.8, 4) is 147 Å². The Morgan fingerprint density at radius 3 is 0.766 bits per heavy atom. The van der Waals surface area contributed by atoms with Crippen molar-refractivity contribution in [1.29, 1.82) is 0 Å². The first-order chi connectivity index (χ1) is 67.9. The number of furan rings is 3. The second-order valence-corrected chi connectivity index (χ2v) is 34.0. The molecule has 0 spiro atoms. The van der Waals surface area contributed by atoms with E-state index >= 15 is 0 Å². The van der Waals surface area contributed by atoms with Gasteiger partial charge in [0.1, 0.15) is 33.5 Å². The molecule has 640 valence electrons. The molecule has 6 heterocycles. The number of fused-ring (bicyclic) bond motifs is 14. The molecule has 27 aromatic rings. The van der Waals surface area contributed by atoms with Crippen molar-refractivity contribution in [3.63, 3.8) is 0 Å². The molecule has 0 aliphatic carbocycles. The van der Waals surface area contributed by atoms with Crippen LogP contribution in [-0.2, 0) is 0 Å². The van der Waals surface area contributed by atoms with Gasteiger partial charge in [-0.2, -0.15) is 0 Å². The molecule has 0 radical (unpaired) electrons. The first kappa shape index (κ1) is 80.4. The van der Waals surface area contributed by atoms with Gasteiger partial charge in [-0.05, 0) is 153 Å². The van der Waals surface area contributed by atoms with E-state index < -0.39 is 0 Å². The highest BCUT2D eigenvalue weighted by Crippen LogP contribution is 2.47. The maximum Gasteiger partial charge on any atom is 0.164 e. The Bertz CT molecular complexity index is 9310. The van der Waals surface area contributed by atoms with Gasteiger partial charge in [-0.1, -0.05) is 413 Å². The lowest BCUT2D eigenvalue weighted by molar-refractivity contribution is 0.668. The molecule has 0 bridgehead atoms. The molecule has 0 saturated carbocycles. The maximum absolute atomic E-state index is 6.26. The van der Waals surface area contributed by atoms with Gasteiger partial charge in [0.25, 0.3) is 0 Å². The van der Waals surface area contributed by atoms with E-state index in [4.69, 9.17) is 58.1 Å². The molecule has 21 aromatic carbocycles. The third-order valence-corrected chi connectivity index (χ3v) is 25.9. The maximum atomic E-state index is 6.26. The molecule has 12 heteroatoms. The van der Waals surface area contributed by atoms with Crippen molar-refractivity contribution in [2.75, 3.05) is 0 Å². The van der Waals surface area contributed by atoms with Crippen molar-refractivity contribution in [3.05, 3.63) is 467 Å². The minimum atomic E-state index is 0.630. The lowest BCUT2D eigenvalue weighted by Gasteiger charge is -2.14. The van der Waals surface area contributed by atoms with Crippen LogP contribution in [0.5, 0.6) is 0 Å². The van der Waals surface area contributed by atoms with Gasteiger partial charge < -0.3 is 13.3 Å². The van der Waals surface area contributed by atoms with Crippen molar-refractivity contribution in [1.82, 2.24) is 44.9 Å². The Hall–Kier alpha value is -18.7. The molecule has 0 fully saturated rings. The van der Waals surface area contributed by atoms with Gasteiger partial charge in [-0.15, -0.1) is 0 Å². The topological polar surface area (TPSA) is 155 Å². The van der Waals surface area contributed by atoms with E-state index in [0.717, 1.165) is 203 Å². The fourth-order valence-electron chi connectivity index (χ4n) is 19.4. The van der Waals surface area contributed by atoms with Gasteiger partial charge in [0, 0.05) is 82.4 Å². The van der Waals surface area contributed by atoms with E-state index in [1.807, 2.05) is 152 Å². The van der Waals surface area contributed by atoms with E-state index in [1.54, 1.807) is 0 Å². The molecule has 0 saturated heterocycles. The normalized spacial score (nSPS) is 11.5. The zero-order valence-corrected chi connectivity index (χ0v) is 73.7. The van der Waals surface area contributed by atoms with Crippen molar-refractivity contribution < 1.29 is 13.3 Å². The Balaban J connectivity index is 0.000000110. The second-order valence-electron chi connectivity index (χ2n) is 34.0. The summed E-state index contributed by atoms with van der Waals surface area (Å²) >= 11 is 0. The van der Waals surface area contributed by atoms with E-state index in [9.17, 15) is 0 Å². The van der Waals surface area contributed by atoms with Gasteiger partial charge in [0.15, 0.2) is 52.4 Å². The summed E-state index contributed by atoms with van der Waals surface area (Å²) in [6, 6.07) is 161. The first-order valence-corrected chi connectivity index (χ1v) is 45.8. The number of nitrogens with zero attached hydrogens (tertiary/aromatic N) is 9. The monoisotopic (exact) mass is 1750 g/mol. The Kier molecular flexibility index (Phi) is 20.3. The van der Waals surface area contributed by atoms with Crippen molar-refractivity contribution >= 4 is 120 Å². The predicted molar refractivity (Wildman–Crippen MR) is 560 cm³/mol. The standard InChI is InChI=1S/C47H29N3O.C41H25N3O.C37H23N3O/c1-2-11-30(12-3-1)32-21-24-33(25-22-32)45-48-46(35-26-23-31-13-4-5-14-34(31)29-35)50-47(49-45)40-28-27-38(36-15-6-7-16-37(36)40)39-18-10-20-43-44(39)41-17-8-9-19-42(41)51-43;1-2-13-27(14-3-1)39-42-40(33-21-10-15-26-12-4-5-16-28(26)33)44-41(43-39)34-25-24-31(29-17-6-7-18-30(29)34)32-20-11-23-37-38(32)35-19-8-9-22-36(35)45-37;1-3-12-24(13-4-1)35-38-36(25-14-5-2-6-15-25)40-37(39-35)30-21-10-17-26-27(18-9-19-28(26)30)29-20-11-23-33-34(29)31-16-7-8-22-32(31)41-33/h1-29H;1-25H;1-23H. The van der Waals surface area contributed by atoms with E-state index in [-0.39, 0.29) is 0 Å². The van der Waals surface area contributed by atoms with Crippen molar-refractivity contribution in [2.24, 2.45) is 0 Å². The minimum absolute atomic E-state index is 0.630. The highest BCUT2D eigenvalue weighted by Gasteiger charge is 2.25. The lowest BCUT2D eigenvalue weighted by Crippen LogP contribution is -2.01. The minimum Gasteiger partial charge on any atom is -0.456 e. The van der Waals surface area contributed by atoms with Gasteiger partial charge in [0.05, 0.1) is 0 Å². The van der Waals surface area contributed by atoms with E-state index in [0.29, 0.717) is 52.4 Å². The highest BCUT2D eigenvalue weighted by molar-refractivity contribution is 6.20. The van der Waals surface area contributed by atoms with E-state index in [2.05, 4.69) is 315 Å². The number of rotatable bonds is 13. The molecule has 0 unspecified atom stereocenters. The van der Waals surface area contributed by atoms with Crippen LogP contribution in [0.25, 0.3) is 267 Å². The Morgan fingerprint density at radius 1 is 0.117 bits per heavy atom. The average molecular weight is 1750 g/mol. The zero-order valence-electron chi connectivity index (χ0n) is 73.7. The molecule has 12 nitrogen and oxygen atoms in total. The molecule has 137 heavy (non-hydrogen) atoms. The van der Waals surface area contributed by atoms with Crippen molar-refractivity contribution in [2.45, 2.75) is 0 Å².